The number of hydrogen-bond acceptors (Lipinski definition) is 3. The third-order valence-electron chi connectivity index (χ3n) is 3.72. The third-order valence-corrected chi connectivity index (χ3v) is 3.72. The van der Waals surface area contributed by atoms with Crippen LogP contribution in [-0.2, 0) is 4.79 Å². The van der Waals surface area contributed by atoms with E-state index in [4.69, 9.17) is 0 Å². The predicted octanol–water partition coefficient (Wildman–Crippen LogP) is 2.96. The van der Waals surface area contributed by atoms with Crippen LogP contribution in [0.25, 0.3) is 16.6 Å². The fourth-order valence-electron chi connectivity index (χ4n) is 2.66. The smallest absolute Gasteiger partial charge is 0.265 e. The second-order valence-corrected chi connectivity index (χ2v) is 5.50. The molecule has 0 fully saturated rings. The molecular formula is C18H17N3O2. The van der Waals surface area contributed by atoms with Crippen LogP contribution in [0.15, 0.2) is 47.3 Å². The molecule has 1 N–H and O–H groups in total. The van der Waals surface area contributed by atoms with Crippen LogP contribution < -0.4 is 10.9 Å². The number of anilines is 1. The molecule has 0 saturated carbocycles. The number of para-hydroxylation sites is 1. The summed E-state index contributed by atoms with van der Waals surface area (Å²) in [6.45, 7) is 5.17. The lowest BCUT2D eigenvalue weighted by molar-refractivity contribution is -0.114. The Morgan fingerprint density at radius 1 is 1.13 bits per heavy atom. The first-order valence-electron chi connectivity index (χ1n) is 7.34. The summed E-state index contributed by atoms with van der Waals surface area (Å²) < 4.78 is 1.59. The van der Waals surface area contributed by atoms with Crippen LogP contribution in [0.5, 0.6) is 0 Å². The van der Waals surface area contributed by atoms with E-state index in [0.717, 1.165) is 16.9 Å². The Hall–Kier alpha value is -2.95. The SMILES string of the molecule is CC(=O)Nc1ccc(-n2c(C)nc3ccccc3c2=O)cc1C. The van der Waals surface area contributed by atoms with E-state index in [2.05, 4.69) is 10.3 Å². The number of hydrogen-bond donors (Lipinski definition) is 1. The lowest BCUT2D eigenvalue weighted by atomic mass is 10.1. The Balaban J connectivity index is 2.19. The highest BCUT2D eigenvalue weighted by atomic mass is 16.1. The first kappa shape index (κ1) is 15.0. The maximum Gasteiger partial charge on any atom is 0.265 e. The normalized spacial score (nSPS) is 10.7. The average Bonchev–Trinajstić information content (AvgIpc) is 2.49. The molecule has 1 heterocycles. The van der Waals surface area contributed by atoms with E-state index in [0.29, 0.717) is 16.7 Å². The van der Waals surface area contributed by atoms with Crippen LogP contribution in [0.4, 0.5) is 5.69 Å². The molecule has 0 saturated heterocycles. The van der Waals surface area contributed by atoms with Gasteiger partial charge >= 0.3 is 0 Å². The van der Waals surface area contributed by atoms with Gasteiger partial charge in [-0.05, 0) is 49.7 Å². The van der Waals surface area contributed by atoms with Crippen molar-refractivity contribution in [1.29, 1.82) is 0 Å². The standard InChI is InChI=1S/C18H17N3O2/c1-11-10-14(8-9-16(11)20-13(3)22)21-12(2)19-17-7-5-4-6-15(17)18(21)23/h4-10H,1-3H3,(H,20,22). The predicted molar refractivity (Wildman–Crippen MR) is 91.1 cm³/mol. The van der Waals surface area contributed by atoms with E-state index in [1.807, 2.05) is 44.2 Å². The van der Waals surface area contributed by atoms with Gasteiger partial charge in [0.15, 0.2) is 0 Å². The molecule has 0 radical (unpaired) electrons. The van der Waals surface area contributed by atoms with Crippen LogP contribution in [0.3, 0.4) is 0 Å². The molecule has 0 bridgehead atoms. The number of rotatable bonds is 2. The molecule has 2 aromatic carbocycles. The zero-order chi connectivity index (χ0) is 16.6. The number of benzene rings is 2. The summed E-state index contributed by atoms with van der Waals surface area (Å²) >= 11 is 0. The van der Waals surface area contributed by atoms with Crippen LogP contribution in [0, 0.1) is 13.8 Å². The Morgan fingerprint density at radius 3 is 2.57 bits per heavy atom. The molecule has 1 amide bonds. The minimum atomic E-state index is -0.124. The molecule has 0 aliphatic carbocycles. The molecule has 1 aromatic heterocycles. The summed E-state index contributed by atoms with van der Waals surface area (Å²) in [5.41, 5.74) is 2.95. The van der Waals surface area contributed by atoms with Crippen LogP contribution >= 0.6 is 0 Å². The molecule has 5 nitrogen and oxygen atoms in total. The van der Waals surface area contributed by atoms with Crippen LogP contribution in [0.2, 0.25) is 0 Å². The fourth-order valence-corrected chi connectivity index (χ4v) is 2.66. The Labute approximate surface area is 133 Å². The number of carbonyl (C=O) groups excluding carboxylic acids is 1. The summed E-state index contributed by atoms with van der Waals surface area (Å²) in [4.78, 5) is 28.5. The van der Waals surface area contributed by atoms with Crippen molar-refractivity contribution in [2.24, 2.45) is 0 Å². The van der Waals surface area contributed by atoms with Gasteiger partial charge in [-0.1, -0.05) is 12.1 Å². The highest BCUT2D eigenvalue weighted by Crippen LogP contribution is 2.20. The van der Waals surface area contributed by atoms with Crippen LogP contribution in [0.1, 0.15) is 18.3 Å². The van der Waals surface area contributed by atoms with Crippen molar-refractivity contribution in [2.75, 3.05) is 5.32 Å². The number of nitrogens with one attached hydrogen (secondary N) is 1. The van der Waals surface area contributed by atoms with Gasteiger partial charge in [0, 0.05) is 12.6 Å². The largest absolute Gasteiger partial charge is 0.326 e. The second-order valence-electron chi connectivity index (χ2n) is 5.50. The molecular weight excluding hydrogens is 290 g/mol. The molecule has 0 unspecified atom stereocenters. The van der Waals surface area contributed by atoms with Crippen molar-refractivity contribution in [3.8, 4) is 5.69 Å². The monoisotopic (exact) mass is 307 g/mol. The second kappa shape index (κ2) is 5.68. The summed E-state index contributed by atoms with van der Waals surface area (Å²) in [5, 5.41) is 3.35. The topological polar surface area (TPSA) is 64.0 Å². The maximum absolute atomic E-state index is 12.8. The number of amides is 1. The average molecular weight is 307 g/mol. The lowest BCUT2D eigenvalue weighted by Gasteiger charge is -2.13. The van der Waals surface area contributed by atoms with E-state index in [1.54, 1.807) is 16.7 Å². The van der Waals surface area contributed by atoms with E-state index in [9.17, 15) is 9.59 Å². The summed E-state index contributed by atoms with van der Waals surface area (Å²) in [6, 6.07) is 12.8. The number of aromatic nitrogens is 2. The highest BCUT2D eigenvalue weighted by Gasteiger charge is 2.11. The van der Waals surface area contributed by atoms with Crippen molar-refractivity contribution >= 4 is 22.5 Å². The number of nitrogens with zero attached hydrogens (tertiary/aromatic N) is 2. The molecule has 0 aliphatic heterocycles. The zero-order valence-corrected chi connectivity index (χ0v) is 13.3. The molecule has 23 heavy (non-hydrogen) atoms. The molecule has 5 heteroatoms. The summed E-state index contributed by atoms with van der Waals surface area (Å²) in [7, 11) is 0. The molecule has 3 aromatic rings. The number of carbonyl (C=O) groups is 1. The Kier molecular flexibility index (Phi) is 3.70. The van der Waals surface area contributed by atoms with Gasteiger partial charge in [-0.2, -0.15) is 0 Å². The molecule has 0 aliphatic rings. The quantitative estimate of drug-likeness (QED) is 0.791. The van der Waals surface area contributed by atoms with Gasteiger partial charge < -0.3 is 5.32 Å². The van der Waals surface area contributed by atoms with Crippen molar-refractivity contribution < 1.29 is 4.79 Å². The molecule has 3 rings (SSSR count). The summed E-state index contributed by atoms with van der Waals surface area (Å²) in [5.74, 6) is 0.502. The minimum Gasteiger partial charge on any atom is -0.326 e. The van der Waals surface area contributed by atoms with Gasteiger partial charge in [0.1, 0.15) is 5.82 Å². The molecule has 0 spiro atoms. The van der Waals surface area contributed by atoms with Crippen molar-refractivity contribution in [2.45, 2.75) is 20.8 Å². The van der Waals surface area contributed by atoms with Gasteiger partial charge in [-0.3, -0.25) is 14.2 Å². The minimum absolute atomic E-state index is 0.0974. The first-order chi connectivity index (χ1) is 11.0. The van der Waals surface area contributed by atoms with Crippen molar-refractivity contribution in [3.63, 3.8) is 0 Å². The maximum atomic E-state index is 12.8. The number of aryl methyl sites for hydroxylation is 2. The van der Waals surface area contributed by atoms with Gasteiger partial charge in [-0.25, -0.2) is 4.98 Å². The molecule has 116 valence electrons. The lowest BCUT2D eigenvalue weighted by Crippen LogP contribution is -2.22. The highest BCUT2D eigenvalue weighted by molar-refractivity contribution is 5.89. The van der Waals surface area contributed by atoms with E-state index in [-0.39, 0.29) is 11.5 Å². The van der Waals surface area contributed by atoms with Gasteiger partial charge in [0.2, 0.25) is 5.91 Å². The van der Waals surface area contributed by atoms with Gasteiger partial charge in [0.25, 0.3) is 5.56 Å². The van der Waals surface area contributed by atoms with Gasteiger partial charge in [-0.15, -0.1) is 0 Å². The van der Waals surface area contributed by atoms with E-state index in [1.165, 1.54) is 6.92 Å². The molecule has 0 atom stereocenters. The third kappa shape index (κ3) is 2.73. The van der Waals surface area contributed by atoms with Crippen molar-refractivity contribution in [3.05, 3.63) is 64.2 Å². The first-order valence-corrected chi connectivity index (χ1v) is 7.34. The Morgan fingerprint density at radius 2 is 1.87 bits per heavy atom. The van der Waals surface area contributed by atoms with Crippen molar-refractivity contribution in [1.82, 2.24) is 9.55 Å². The number of fused-ring (bicyclic) bond motifs is 1. The van der Waals surface area contributed by atoms with E-state index >= 15 is 0 Å². The Bertz CT molecular complexity index is 974. The zero-order valence-electron chi connectivity index (χ0n) is 13.3. The van der Waals surface area contributed by atoms with Crippen LogP contribution in [-0.4, -0.2) is 15.5 Å². The van der Waals surface area contributed by atoms with E-state index < -0.39 is 0 Å². The van der Waals surface area contributed by atoms with Gasteiger partial charge in [0.05, 0.1) is 16.6 Å². The fraction of sp³-hybridized carbons (Fsp3) is 0.167. The summed E-state index contributed by atoms with van der Waals surface area (Å²) in [6.07, 6.45) is 0.